The Labute approximate surface area is 169 Å². The third-order valence-corrected chi connectivity index (χ3v) is 5.76. The Bertz CT molecular complexity index is 832. The van der Waals surface area contributed by atoms with Gasteiger partial charge in [0.15, 0.2) is 23.1 Å². The van der Waals surface area contributed by atoms with E-state index in [4.69, 9.17) is 4.74 Å². The second-order valence-corrected chi connectivity index (χ2v) is 7.82. The van der Waals surface area contributed by atoms with Crippen molar-refractivity contribution in [2.45, 2.75) is 57.5 Å². The Morgan fingerprint density at radius 2 is 1.76 bits per heavy atom. The predicted octanol–water partition coefficient (Wildman–Crippen LogP) is 6.00. The smallest absolute Gasteiger partial charge is 0.200 e. The summed E-state index contributed by atoms with van der Waals surface area (Å²) >= 11 is 0. The molecule has 158 valence electrons. The third kappa shape index (κ3) is 5.04. The van der Waals surface area contributed by atoms with Crippen molar-refractivity contribution in [1.29, 1.82) is 0 Å². The number of rotatable bonds is 7. The molecule has 0 radical (unpaired) electrons. The molecule has 1 aliphatic carbocycles. The Balaban J connectivity index is 1.53. The van der Waals surface area contributed by atoms with E-state index in [9.17, 15) is 23.4 Å². The molecule has 6 heteroatoms. The molecular weight excluding hydrogens is 381 g/mol. The van der Waals surface area contributed by atoms with E-state index in [-0.39, 0.29) is 17.6 Å². The second kappa shape index (κ2) is 9.53. The zero-order valence-corrected chi connectivity index (χ0v) is 16.5. The van der Waals surface area contributed by atoms with Crippen LogP contribution in [0.25, 0.3) is 0 Å². The van der Waals surface area contributed by atoms with Gasteiger partial charge in [0, 0.05) is 0 Å². The summed E-state index contributed by atoms with van der Waals surface area (Å²) in [5, 5.41) is 19.2. The van der Waals surface area contributed by atoms with Gasteiger partial charge in [-0.05, 0) is 73.3 Å². The molecule has 1 unspecified atom stereocenters. The van der Waals surface area contributed by atoms with Crippen LogP contribution in [-0.4, -0.2) is 16.8 Å². The maximum absolute atomic E-state index is 14.3. The molecule has 0 aromatic heterocycles. The fraction of sp³-hybridized carbons (Fsp3) is 0.478. The zero-order chi connectivity index (χ0) is 21.0. The van der Waals surface area contributed by atoms with Gasteiger partial charge in [-0.1, -0.05) is 25.5 Å². The maximum Gasteiger partial charge on any atom is 0.200 e. The van der Waals surface area contributed by atoms with Crippen LogP contribution in [-0.2, 0) is 0 Å². The number of aliphatic hydroxyl groups excluding tert-OH is 1. The molecule has 0 heterocycles. The number of phenolic OH excluding ortho intramolecular Hbond substituents is 1. The van der Waals surface area contributed by atoms with Gasteiger partial charge in [0.2, 0.25) is 5.82 Å². The highest BCUT2D eigenvalue weighted by Crippen LogP contribution is 2.38. The van der Waals surface area contributed by atoms with E-state index in [1.807, 2.05) is 6.92 Å². The highest BCUT2D eigenvalue weighted by atomic mass is 19.2. The van der Waals surface area contributed by atoms with Crippen LogP contribution in [0.2, 0.25) is 0 Å². The van der Waals surface area contributed by atoms with Crippen molar-refractivity contribution in [2.24, 2.45) is 5.92 Å². The van der Waals surface area contributed by atoms with Crippen LogP contribution < -0.4 is 4.74 Å². The van der Waals surface area contributed by atoms with E-state index >= 15 is 0 Å². The fourth-order valence-electron chi connectivity index (χ4n) is 4.00. The van der Waals surface area contributed by atoms with Crippen LogP contribution >= 0.6 is 0 Å². The molecule has 29 heavy (non-hydrogen) atoms. The first kappa shape index (κ1) is 21.5. The molecule has 0 aliphatic heterocycles. The summed E-state index contributed by atoms with van der Waals surface area (Å²) in [6.45, 7) is 2.31. The number of hydrogen-bond acceptors (Lipinski definition) is 3. The van der Waals surface area contributed by atoms with Gasteiger partial charge in [-0.25, -0.2) is 8.78 Å². The van der Waals surface area contributed by atoms with Crippen molar-refractivity contribution in [3.63, 3.8) is 0 Å². The fourth-order valence-corrected chi connectivity index (χ4v) is 4.00. The van der Waals surface area contributed by atoms with Crippen LogP contribution in [0, 0.1) is 23.4 Å². The monoisotopic (exact) mass is 408 g/mol. The number of hydrogen-bond donors (Lipinski definition) is 2. The molecule has 0 spiro atoms. The topological polar surface area (TPSA) is 49.7 Å². The van der Waals surface area contributed by atoms with Gasteiger partial charge in [-0.2, -0.15) is 4.39 Å². The lowest BCUT2D eigenvalue weighted by Crippen LogP contribution is -2.20. The van der Waals surface area contributed by atoms with E-state index in [0.29, 0.717) is 37.0 Å². The first-order valence-electron chi connectivity index (χ1n) is 10.2. The Hall–Kier alpha value is -2.21. The van der Waals surface area contributed by atoms with Crippen LogP contribution in [0.3, 0.4) is 0 Å². The number of phenols is 1. The lowest BCUT2D eigenvalue weighted by molar-refractivity contribution is 0.165. The van der Waals surface area contributed by atoms with Crippen molar-refractivity contribution in [2.75, 3.05) is 6.61 Å². The van der Waals surface area contributed by atoms with Crippen molar-refractivity contribution in [3.8, 4) is 11.5 Å². The summed E-state index contributed by atoms with van der Waals surface area (Å²) in [4.78, 5) is 0. The van der Waals surface area contributed by atoms with E-state index in [1.165, 1.54) is 18.2 Å². The molecule has 3 rings (SSSR count). The average Bonchev–Trinajstić information content (AvgIpc) is 2.72. The van der Waals surface area contributed by atoms with Gasteiger partial charge in [-0.3, -0.25) is 0 Å². The molecule has 3 nitrogen and oxygen atoms in total. The molecule has 1 saturated carbocycles. The first-order valence-corrected chi connectivity index (χ1v) is 10.2. The van der Waals surface area contributed by atoms with Crippen LogP contribution in [0.4, 0.5) is 13.2 Å². The van der Waals surface area contributed by atoms with Crippen molar-refractivity contribution in [3.05, 3.63) is 58.9 Å². The molecular formula is C23H27F3O3. The normalized spacial score (nSPS) is 20.4. The maximum atomic E-state index is 14.3. The zero-order valence-electron chi connectivity index (χ0n) is 16.5. The number of aromatic hydroxyl groups is 1. The van der Waals surface area contributed by atoms with E-state index in [0.717, 1.165) is 19.3 Å². The largest absolute Gasteiger partial charge is 0.505 e. The molecule has 0 saturated heterocycles. The van der Waals surface area contributed by atoms with Crippen LogP contribution in [0.1, 0.15) is 68.6 Å². The van der Waals surface area contributed by atoms with Gasteiger partial charge < -0.3 is 14.9 Å². The lowest BCUT2D eigenvalue weighted by atomic mass is 9.79. The molecule has 0 amide bonds. The number of benzene rings is 2. The molecule has 2 aromatic rings. The molecule has 2 aromatic carbocycles. The Morgan fingerprint density at radius 3 is 2.41 bits per heavy atom. The highest BCUT2D eigenvalue weighted by Gasteiger charge is 2.27. The van der Waals surface area contributed by atoms with E-state index < -0.39 is 29.3 Å². The molecule has 0 bridgehead atoms. The van der Waals surface area contributed by atoms with E-state index in [1.54, 1.807) is 12.1 Å². The average molecular weight is 408 g/mol. The van der Waals surface area contributed by atoms with Crippen LogP contribution in [0.15, 0.2) is 30.3 Å². The summed E-state index contributed by atoms with van der Waals surface area (Å²) in [7, 11) is 0. The standard InChI is InChI=1S/C23H27F3O3/c1-2-3-19(27)16-8-11-21(18(24)12-16)29-13-14-4-6-15(7-5-14)17-9-10-20(28)23(26)22(17)25/h8-12,14-15,19,27-28H,2-7,13H2,1H3. The van der Waals surface area contributed by atoms with E-state index in [2.05, 4.69) is 0 Å². The van der Waals surface area contributed by atoms with Crippen molar-refractivity contribution >= 4 is 0 Å². The van der Waals surface area contributed by atoms with Gasteiger partial charge in [-0.15, -0.1) is 0 Å². The van der Waals surface area contributed by atoms with Gasteiger partial charge in [0.1, 0.15) is 0 Å². The number of halogens is 3. The SMILES string of the molecule is CCCC(O)c1ccc(OCC2CCC(c3ccc(O)c(F)c3F)CC2)c(F)c1. The highest BCUT2D eigenvalue weighted by molar-refractivity contribution is 5.32. The Morgan fingerprint density at radius 1 is 1.03 bits per heavy atom. The van der Waals surface area contributed by atoms with Gasteiger partial charge in [0.25, 0.3) is 0 Å². The lowest BCUT2D eigenvalue weighted by Gasteiger charge is -2.29. The minimum atomic E-state index is -1.20. The quantitative estimate of drug-likeness (QED) is 0.591. The van der Waals surface area contributed by atoms with Crippen molar-refractivity contribution in [1.82, 2.24) is 0 Å². The summed E-state index contributed by atoms with van der Waals surface area (Å²) in [6, 6.07) is 7.17. The van der Waals surface area contributed by atoms with Crippen molar-refractivity contribution < 1.29 is 28.1 Å². The minimum Gasteiger partial charge on any atom is -0.505 e. The van der Waals surface area contributed by atoms with Gasteiger partial charge in [0.05, 0.1) is 12.7 Å². The summed E-state index contributed by atoms with van der Waals surface area (Å²) in [5.74, 6) is -3.07. The number of ether oxygens (including phenoxy) is 1. The number of aliphatic hydroxyl groups is 1. The van der Waals surface area contributed by atoms with Gasteiger partial charge >= 0.3 is 0 Å². The Kier molecular flexibility index (Phi) is 7.06. The summed E-state index contributed by atoms with van der Waals surface area (Å²) in [5.41, 5.74) is 0.840. The molecule has 1 fully saturated rings. The minimum absolute atomic E-state index is 0.0996. The molecule has 2 N–H and O–H groups in total. The second-order valence-electron chi connectivity index (χ2n) is 7.82. The van der Waals surface area contributed by atoms with Crippen LogP contribution in [0.5, 0.6) is 11.5 Å². The molecule has 1 atom stereocenters. The predicted molar refractivity (Wildman–Crippen MR) is 104 cm³/mol. The third-order valence-electron chi connectivity index (χ3n) is 5.76. The summed E-state index contributed by atoms with van der Waals surface area (Å²) in [6.07, 6.45) is 3.60. The molecule has 1 aliphatic rings. The first-order chi connectivity index (χ1) is 13.9. The summed E-state index contributed by atoms with van der Waals surface area (Å²) < 4.78 is 47.6.